The summed E-state index contributed by atoms with van der Waals surface area (Å²) >= 11 is 0.466. The zero-order valence-electron chi connectivity index (χ0n) is 11.1. The molecule has 3 rings (SSSR count). The van der Waals surface area contributed by atoms with E-state index in [4.69, 9.17) is 0 Å². The zero-order chi connectivity index (χ0) is 15.9. The number of rotatable bonds is 2. The second-order valence-electron chi connectivity index (χ2n) is 4.69. The fourth-order valence-corrected chi connectivity index (χ4v) is 3.11. The van der Waals surface area contributed by atoms with Gasteiger partial charge in [-0.2, -0.15) is 13.2 Å². The number of alkyl halides is 3. The average Bonchev–Trinajstić information content (AvgIpc) is 3.12. The number of para-hydroxylation sites is 1. The molecule has 1 aromatic heterocycles. The van der Waals surface area contributed by atoms with Gasteiger partial charge in [-0.25, -0.2) is 4.98 Å². The minimum absolute atomic E-state index is 0.121. The van der Waals surface area contributed by atoms with Gasteiger partial charge in [-0.15, -0.1) is 11.3 Å². The summed E-state index contributed by atoms with van der Waals surface area (Å²) in [5.74, 6) is -2.47. The van der Waals surface area contributed by atoms with Gasteiger partial charge < -0.3 is 4.90 Å². The minimum atomic E-state index is -4.97. The van der Waals surface area contributed by atoms with Crippen LogP contribution in [-0.2, 0) is 6.42 Å². The van der Waals surface area contributed by atoms with Crippen LogP contribution in [0, 0.1) is 0 Å². The number of halogens is 3. The normalized spacial score (nSPS) is 14.0. The fraction of sp³-hybridized carbons (Fsp3) is 0.214. The summed E-state index contributed by atoms with van der Waals surface area (Å²) in [6.07, 6.45) is -3.48. The van der Waals surface area contributed by atoms with Crippen LogP contribution < -0.4 is 4.90 Å². The largest absolute Gasteiger partial charge is 0.455 e. The Labute approximate surface area is 127 Å². The van der Waals surface area contributed by atoms with Crippen molar-refractivity contribution in [2.45, 2.75) is 12.6 Å². The SMILES string of the molecule is O=C(c1ncc(C(=O)C(F)(F)F)s1)N1CCc2ccccc21. The smallest absolute Gasteiger partial charge is 0.306 e. The number of anilines is 1. The molecule has 0 spiro atoms. The molecule has 0 atom stereocenters. The molecule has 0 fully saturated rings. The number of aromatic nitrogens is 1. The third-order valence-electron chi connectivity index (χ3n) is 3.30. The fourth-order valence-electron chi connectivity index (χ4n) is 2.28. The van der Waals surface area contributed by atoms with Gasteiger partial charge in [0.2, 0.25) is 0 Å². The highest BCUT2D eigenvalue weighted by Crippen LogP contribution is 2.30. The Bertz CT molecular complexity index is 755. The zero-order valence-corrected chi connectivity index (χ0v) is 11.9. The van der Waals surface area contributed by atoms with Crippen LogP contribution in [0.5, 0.6) is 0 Å². The number of hydrogen-bond donors (Lipinski definition) is 0. The first-order valence-corrected chi connectivity index (χ1v) is 7.16. The highest BCUT2D eigenvalue weighted by Gasteiger charge is 2.41. The molecule has 114 valence electrons. The maximum atomic E-state index is 12.4. The van der Waals surface area contributed by atoms with Crippen LogP contribution in [0.2, 0.25) is 0 Å². The summed E-state index contributed by atoms with van der Waals surface area (Å²) in [6, 6.07) is 7.31. The lowest BCUT2D eigenvalue weighted by Crippen LogP contribution is -2.28. The Hall–Kier alpha value is -2.22. The Morgan fingerprint density at radius 1 is 1.23 bits per heavy atom. The average molecular weight is 326 g/mol. The van der Waals surface area contributed by atoms with E-state index in [1.807, 2.05) is 12.1 Å². The van der Waals surface area contributed by atoms with E-state index >= 15 is 0 Å². The summed E-state index contributed by atoms with van der Waals surface area (Å²) in [7, 11) is 0. The first kappa shape index (κ1) is 14.7. The first-order valence-electron chi connectivity index (χ1n) is 6.35. The van der Waals surface area contributed by atoms with Gasteiger partial charge in [0.25, 0.3) is 11.7 Å². The maximum Gasteiger partial charge on any atom is 0.455 e. The monoisotopic (exact) mass is 326 g/mol. The van der Waals surface area contributed by atoms with Crippen molar-refractivity contribution in [2.24, 2.45) is 0 Å². The molecule has 2 heterocycles. The summed E-state index contributed by atoms with van der Waals surface area (Å²) in [5.41, 5.74) is 1.73. The van der Waals surface area contributed by atoms with E-state index in [2.05, 4.69) is 4.98 Å². The van der Waals surface area contributed by atoms with Crippen LogP contribution in [-0.4, -0.2) is 29.4 Å². The molecule has 1 aliphatic rings. The number of fused-ring (bicyclic) bond motifs is 1. The maximum absolute atomic E-state index is 12.4. The lowest BCUT2D eigenvalue weighted by Gasteiger charge is -2.15. The summed E-state index contributed by atoms with van der Waals surface area (Å²) in [6.45, 7) is 0.445. The van der Waals surface area contributed by atoms with Crippen LogP contribution in [0.1, 0.15) is 25.0 Å². The highest BCUT2D eigenvalue weighted by atomic mass is 32.1. The van der Waals surface area contributed by atoms with Gasteiger partial charge >= 0.3 is 6.18 Å². The standard InChI is InChI=1S/C14H9F3N2O2S/c15-14(16,17)11(20)10-7-18-12(22-10)13(21)19-6-5-8-3-1-2-4-9(8)19/h1-4,7H,5-6H2. The number of ketones is 1. The molecule has 0 bridgehead atoms. The number of nitrogens with zero attached hydrogens (tertiary/aromatic N) is 2. The molecule has 8 heteroatoms. The van der Waals surface area contributed by atoms with Crippen molar-refractivity contribution in [3.63, 3.8) is 0 Å². The minimum Gasteiger partial charge on any atom is -0.306 e. The summed E-state index contributed by atoms with van der Waals surface area (Å²) in [4.78, 5) is 28.1. The number of carbonyl (C=O) groups is 2. The van der Waals surface area contributed by atoms with Crippen LogP contribution in [0.4, 0.5) is 18.9 Å². The van der Waals surface area contributed by atoms with Gasteiger partial charge in [-0.1, -0.05) is 18.2 Å². The molecule has 1 amide bonds. The highest BCUT2D eigenvalue weighted by molar-refractivity contribution is 7.15. The molecule has 0 aliphatic carbocycles. The molecule has 1 aromatic carbocycles. The Kier molecular flexibility index (Phi) is 3.48. The second kappa shape index (κ2) is 5.20. The number of hydrogen-bond acceptors (Lipinski definition) is 4. The summed E-state index contributed by atoms with van der Waals surface area (Å²) in [5, 5.41) is -0.121. The number of thiazole rings is 1. The van der Waals surface area contributed by atoms with Gasteiger partial charge in [0.1, 0.15) is 4.88 Å². The van der Waals surface area contributed by atoms with E-state index in [-0.39, 0.29) is 5.01 Å². The van der Waals surface area contributed by atoms with E-state index in [0.717, 1.165) is 17.4 Å². The van der Waals surface area contributed by atoms with Gasteiger partial charge in [0, 0.05) is 12.2 Å². The van der Waals surface area contributed by atoms with Crippen molar-refractivity contribution < 1.29 is 22.8 Å². The van der Waals surface area contributed by atoms with Gasteiger partial charge in [0.15, 0.2) is 5.01 Å². The molecule has 0 N–H and O–H groups in total. The molecule has 22 heavy (non-hydrogen) atoms. The van der Waals surface area contributed by atoms with Crippen LogP contribution in [0.3, 0.4) is 0 Å². The third kappa shape index (κ3) is 2.50. The van der Waals surface area contributed by atoms with Crippen molar-refractivity contribution >= 4 is 28.7 Å². The Balaban J connectivity index is 1.86. The predicted octanol–water partition coefficient (Wildman–Crippen LogP) is 3.09. The molecule has 0 unspecified atom stereocenters. The number of Topliss-reactive ketones (excluding diaryl/α,β-unsaturated/α-hetero) is 1. The quantitative estimate of drug-likeness (QED) is 0.797. The van der Waals surface area contributed by atoms with Gasteiger partial charge in [-0.05, 0) is 18.1 Å². The molecule has 1 aliphatic heterocycles. The molecular weight excluding hydrogens is 317 g/mol. The van der Waals surface area contributed by atoms with Crippen LogP contribution in [0.15, 0.2) is 30.5 Å². The van der Waals surface area contributed by atoms with Crippen molar-refractivity contribution in [3.8, 4) is 0 Å². The van der Waals surface area contributed by atoms with E-state index < -0.39 is 22.7 Å². The van der Waals surface area contributed by atoms with Crippen LogP contribution >= 0.6 is 11.3 Å². The molecular formula is C14H9F3N2O2S. The van der Waals surface area contributed by atoms with Gasteiger partial charge in [-0.3, -0.25) is 9.59 Å². The number of benzene rings is 1. The number of carbonyl (C=O) groups excluding carboxylic acids is 2. The van der Waals surface area contributed by atoms with E-state index in [0.29, 0.717) is 24.3 Å². The molecule has 0 saturated carbocycles. The topological polar surface area (TPSA) is 50.3 Å². The van der Waals surface area contributed by atoms with E-state index in [1.54, 1.807) is 12.1 Å². The number of amides is 1. The molecule has 0 saturated heterocycles. The Morgan fingerprint density at radius 2 is 1.95 bits per heavy atom. The predicted molar refractivity (Wildman–Crippen MR) is 74.3 cm³/mol. The third-order valence-corrected chi connectivity index (χ3v) is 4.29. The van der Waals surface area contributed by atoms with Crippen molar-refractivity contribution in [3.05, 3.63) is 45.9 Å². The van der Waals surface area contributed by atoms with Crippen LogP contribution in [0.25, 0.3) is 0 Å². The second-order valence-corrected chi connectivity index (χ2v) is 5.72. The summed E-state index contributed by atoms with van der Waals surface area (Å²) < 4.78 is 37.1. The van der Waals surface area contributed by atoms with Crippen molar-refractivity contribution in [1.82, 2.24) is 4.98 Å². The van der Waals surface area contributed by atoms with Crippen molar-refractivity contribution in [2.75, 3.05) is 11.4 Å². The van der Waals surface area contributed by atoms with Gasteiger partial charge in [0.05, 0.1) is 6.20 Å². The first-order chi connectivity index (χ1) is 10.4. The van der Waals surface area contributed by atoms with E-state index in [9.17, 15) is 22.8 Å². The lowest BCUT2D eigenvalue weighted by molar-refractivity contribution is -0.0882. The lowest BCUT2D eigenvalue weighted by atomic mass is 10.2. The molecule has 2 aromatic rings. The Morgan fingerprint density at radius 3 is 2.68 bits per heavy atom. The van der Waals surface area contributed by atoms with E-state index in [1.165, 1.54) is 4.90 Å². The van der Waals surface area contributed by atoms with Crippen molar-refractivity contribution in [1.29, 1.82) is 0 Å². The molecule has 4 nitrogen and oxygen atoms in total. The molecule has 0 radical (unpaired) electrons.